The summed E-state index contributed by atoms with van der Waals surface area (Å²) < 4.78 is 3.62. The average molecular weight is 457 g/mol. The van der Waals surface area contributed by atoms with Gasteiger partial charge in [-0.05, 0) is 41.5 Å². The Kier molecular flexibility index (Phi) is 6.32. The Morgan fingerprint density at radius 1 is 0.967 bits per heavy atom. The molecular formula is C21H18Cl2N6S. The van der Waals surface area contributed by atoms with Crippen molar-refractivity contribution < 1.29 is 0 Å². The highest BCUT2D eigenvalue weighted by Gasteiger charge is 2.06. The number of halogens is 2. The first kappa shape index (κ1) is 20.4. The predicted molar refractivity (Wildman–Crippen MR) is 125 cm³/mol. The predicted octanol–water partition coefficient (Wildman–Crippen LogP) is 5.29. The summed E-state index contributed by atoms with van der Waals surface area (Å²) in [5.41, 5.74) is 2.85. The summed E-state index contributed by atoms with van der Waals surface area (Å²) in [6.45, 7) is 1.20. The minimum Gasteiger partial charge on any atom is -0.330 e. The smallest absolute Gasteiger partial charge is 0.176 e. The molecule has 4 aromatic rings. The highest BCUT2D eigenvalue weighted by atomic mass is 35.5. The second-order valence-electron chi connectivity index (χ2n) is 6.63. The maximum Gasteiger partial charge on any atom is 0.176 e. The van der Waals surface area contributed by atoms with Crippen molar-refractivity contribution in [1.29, 1.82) is 0 Å². The van der Waals surface area contributed by atoms with E-state index in [-0.39, 0.29) is 0 Å². The molecule has 6 nitrogen and oxygen atoms in total. The Morgan fingerprint density at radius 2 is 1.83 bits per heavy atom. The normalized spacial score (nSPS) is 10.7. The highest BCUT2D eigenvalue weighted by Crippen LogP contribution is 2.17. The van der Waals surface area contributed by atoms with Crippen LogP contribution < -0.4 is 10.6 Å². The number of thiocarbonyl (C=S) groups is 1. The second-order valence-corrected chi connectivity index (χ2v) is 7.88. The quantitative estimate of drug-likeness (QED) is 0.385. The fraction of sp³-hybridized carbons (Fsp3) is 0.0952. The third-order valence-electron chi connectivity index (χ3n) is 4.30. The molecule has 0 bridgehead atoms. The van der Waals surface area contributed by atoms with Crippen molar-refractivity contribution in [3.63, 3.8) is 0 Å². The lowest BCUT2D eigenvalue weighted by molar-refractivity contribution is 0.687. The summed E-state index contributed by atoms with van der Waals surface area (Å²) in [6, 6.07) is 17.3. The van der Waals surface area contributed by atoms with Gasteiger partial charge in [0.15, 0.2) is 10.9 Å². The zero-order chi connectivity index (χ0) is 20.9. The van der Waals surface area contributed by atoms with E-state index in [9.17, 15) is 0 Å². The minimum atomic E-state index is 0.431. The number of anilines is 2. The Hall–Kier alpha value is -2.87. The Balaban J connectivity index is 1.32. The van der Waals surface area contributed by atoms with E-state index in [1.54, 1.807) is 10.9 Å². The van der Waals surface area contributed by atoms with Crippen molar-refractivity contribution in [1.82, 2.24) is 19.6 Å². The number of nitrogens with one attached hydrogen (secondary N) is 2. The van der Waals surface area contributed by atoms with E-state index >= 15 is 0 Å². The molecule has 0 fully saturated rings. The molecule has 2 aromatic heterocycles. The van der Waals surface area contributed by atoms with Gasteiger partial charge in [-0.3, -0.25) is 9.36 Å². The highest BCUT2D eigenvalue weighted by molar-refractivity contribution is 7.80. The van der Waals surface area contributed by atoms with Gasteiger partial charge in [-0.15, -0.1) is 0 Å². The largest absolute Gasteiger partial charge is 0.330 e. The van der Waals surface area contributed by atoms with Crippen LogP contribution in [0.3, 0.4) is 0 Å². The lowest BCUT2D eigenvalue weighted by Gasteiger charge is -2.07. The van der Waals surface area contributed by atoms with Crippen LogP contribution in [0.25, 0.3) is 0 Å². The van der Waals surface area contributed by atoms with Crippen LogP contribution in [0.1, 0.15) is 11.1 Å². The Bertz CT molecular complexity index is 1170. The molecule has 0 saturated heterocycles. The first-order chi connectivity index (χ1) is 14.5. The molecule has 0 spiro atoms. The van der Waals surface area contributed by atoms with Gasteiger partial charge in [0, 0.05) is 28.5 Å². The maximum atomic E-state index is 6.21. The van der Waals surface area contributed by atoms with Gasteiger partial charge in [0.25, 0.3) is 0 Å². The zero-order valence-electron chi connectivity index (χ0n) is 15.8. The molecule has 0 aliphatic rings. The van der Waals surface area contributed by atoms with E-state index in [0.29, 0.717) is 34.1 Å². The van der Waals surface area contributed by atoms with Crippen LogP contribution in [0.15, 0.2) is 73.2 Å². The van der Waals surface area contributed by atoms with Crippen molar-refractivity contribution >= 4 is 52.0 Å². The van der Waals surface area contributed by atoms with Crippen LogP contribution in [0.5, 0.6) is 0 Å². The molecule has 0 aliphatic heterocycles. The number of hydrogen-bond donors (Lipinski definition) is 2. The van der Waals surface area contributed by atoms with E-state index in [2.05, 4.69) is 20.8 Å². The van der Waals surface area contributed by atoms with Gasteiger partial charge in [-0.1, -0.05) is 53.5 Å². The third kappa shape index (κ3) is 5.38. The Labute approximate surface area is 189 Å². The standard InChI is InChI=1S/C21H18Cl2N6S/c22-17-6-3-4-15(10-17)12-28-9-8-20(27-28)26-21(30)25-18-11-24-29(14-18)13-16-5-1-2-7-19(16)23/h1-11,14H,12-13H2,(H2,25,26,27,30). The van der Waals surface area contributed by atoms with Gasteiger partial charge in [0.2, 0.25) is 0 Å². The molecule has 9 heteroatoms. The summed E-state index contributed by atoms with van der Waals surface area (Å²) in [5, 5.41) is 16.9. The van der Waals surface area contributed by atoms with E-state index < -0.39 is 0 Å². The fourth-order valence-electron chi connectivity index (χ4n) is 2.93. The summed E-state index contributed by atoms with van der Waals surface area (Å²) >= 11 is 17.6. The third-order valence-corrected chi connectivity index (χ3v) is 5.11. The topological polar surface area (TPSA) is 59.7 Å². The van der Waals surface area contributed by atoms with Gasteiger partial charge in [0.05, 0.1) is 25.0 Å². The van der Waals surface area contributed by atoms with Crippen molar-refractivity contribution in [3.8, 4) is 0 Å². The van der Waals surface area contributed by atoms with Crippen LogP contribution in [-0.4, -0.2) is 24.7 Å². The van der Waals surface area contributed by atoms with Gasteiger partial charge in [-0.2, -0.15) is 10.2 Å². The first-order valence-corrected chi connectivity index (χ1v) is 10.3. The molecule has 152 valence electrons. The van der Waals surface area contributed by atoms with E-state index in [4.69, 9.17) is 35.4 Å². The van der Waals surface area contributed by atoms with Gasteiger partial charge >= 0.3 is 0 Å². The lowest BCUT2D eigenvalue weighted by Crippen LogP contribution is -2.19. The molecule has 0 radical (unpaired) electrons. The second kappa shape index (κ2) is 9.30. The molecule has 0 amide bonds. The molecular weight excluding hydrogens is 439 g/mol. The van der Waals surface area contributed by atoms with Gasteiger partial charge in [0.1, 0.15) is 0 Å². The first-order valence-electron chi connectivity index (χ1n) is 9.17. The SMILES string of the molecule is S=C(Nc1cnn(Cc2ccccc2Cl)c1)Nc1ccn(Cc2cccc(Cl)c2)n1. The number of rotatable bonds is 6. The molecule has 4 rings (SSSR count). The fourth-order valence-corrected chi connectivity index (χ4v) is 3.56. The Morgan fingerprint density at radius 3 is 2.67 bits per heavy atom. The van der Waals surface area contributed by atoms with Crippen molar-refractivity contribution in [2.24, 2.45) is 0 Å². The minimum absolute atomic E-state index is 0.431. The number of benzene rings is 2. The van der Waals surface area contributed by atoms with E-state index in [0.717, 1.165) is 16.8 Å². The van der Waals surface area contributed by atoms with E-state index in [1.165, 1.54) is 0 Å². The summed E-state index contributed by atoms with van der Waals surface area (Å²) in [6.07, 6.45) is 5.46. The number of hydrogen-bond acceptors (Lipinski definition) is 3. The molecule has 2 heterocycles. The molecule has 0 unspecified atom stereocenters. The number of aromatic nitrogens is 4. The van der Waals surface area contributed by atoms with Crippen molar-refractivity contribution in [2.45, 2.75) is 13.1 Å². The molecule has 2 N–H and O–H groups in total. The van der Waals surface area contributed by atoms with Crippen LogP contribution in [0.4, 0.5) is 11.5 Å². The molecule has 0 saturated carbocycles. The molecule has 0 atom stereocenters. The van der Waals surface area contributed by atoms with Crippen LogP contribution >= 0.6 is 35.4 Å². The monoisotopic (exact) mass is 456 g/mol. The molecule has 2 aromatic carbocycles. The van der Waals surface area contributed by atoms with Crippen LogP contribution in [-0.2, 0) is 13.1 Å². The van der Waals surface area contributed by atoms with Crippen molar-refractivity contribution in [3.05, 3.63) is 94.4 Å². The maximum absolute atomic E-state index is 6.21. The van der Waals surface area contributed by atoms with E-state index in [1.807, 2.05) is 71.7 Å². The van der Waals surface area contributed by atoms with Crippen LogP contribution in [0, 0.1) is 0 Å². The number of nitrogens with zero attached hydrogens (tertiary/aromatic N) is 4. The molecule has 0 aliphatic carbocycles. The summed E-state index contributed by atoms with van der Waals surface area (Å²) in [7, 11) is 0. The lowest BCUT2D eigenvalue weighted by atomic mass is 10.2. The van der Waals surface area contributed by atoms with Crippen LogP contribution in [0.2, 0.25) is 10.0 Å². The zero-order valence-corrected chi connectivity index (χ0v) is 18.1. The average Bonchev–Trinajstić information content (AvgIpc) is 3.33. The van der Waals surface area contributed by atoms with Gasteiger partial charge < -0.3 is 10.6 Å². The van der Waals surface area contributed by atoms with Crippen molar-refractivity contribution in [2.75, 3.05) is 10.6 Å². The van der Waals surface area contributed by atoms with Gasteiger partial charge in [-0.25, -0.2) is 0 Å². The summed E-state index contributed by atoms with van der Waals surface area (Å²) in [5.74, 6) is 0.651. The molecule has 30 heavy (non-hydrogen) atoms. The summed E-state index contributed by atoms with van der Waals surface area (Å²) in [4.78, 5) is 0.